The summed E-state index contributed by atoms with van der Waals surface area (Å²) in [6.45, 7) is 1.80. The molecule has 3 aromatic rings. The average Bonchev–Trinajstić information content (AvgIpc) is 3.28. The number of fused-ring (bicyclic) bond motifs is 1. The molecule has 1 N–H and O–H groups in total. The molecule has 0 saturated carbocycles. The molecule has 134 valence electrons. The van der Waals surface area contributed by atoms with Crippen molar-refractivity contribution < 1.29 is 13.9 Å². The molecule has 1 amide bonds. The molecule has 26 heavy (non-hydrogen) atoms. The zero-order valence-electron chi connectivity index (χ0n) is 14.3. The van der Waals surface area contributed by atoms with Crippen LogP contribution in [0.4, 0.5) is 10.2 Å². The van der Waals surface area contributed by atoms with E-state index in [1.54, 1.807) is 23.1 Å². The van der Waals surface area contributed by atoms with E-state index in [9.17, 15) is 9.18 Å². The molecule has 1 saturated heterocycles. The third-order valence-electron chi connectivity index (χ3n) is 4.56. The molecule has 1 aliphatic heterocycles. The van der Waals surface area contributed by atoms with Crippen LogP contribution in [0.5, 0.6) is 0 Å². The van der Waals surface area contributed by atoms with Crippen molar-refractivity contribution >= 4 is 22.6 Å². The number of halogens is 1. The first-order valence-electron chi connectivity index (χ1n) is 8.34. The molecule has 0 radical (unpaired) electrons. The van der Waals surface area contributed by atoms with Crippen LogP contribution in [0, 0.1) is 0 Å². The Morgan fingerprint density at radius 2 is 2.35 bits per heavy atom. The summed E-state index contributed by atoms with van der Waals surface area (Å²) in [5.41, 5.74) is 0.676. The minimum Gasteiger partial charge on any atom is -0.380 e. The van der Waals surface area contributed by atoms with E-state index in [1.165, 1.54) is 6.92 Å². The largest absolute Gasteiger partial charge is 0.380 e. The van der Waals surface area contributed by atoms with Gasteiger partial charge < -0.3 is 10.1 Å². The number of nitrogens with zero attached hydrogens (tertiary/aromatic N) is 4. The molecule has 4 rings (SSSR count). The van der Waals surface area contributed by atoms with Crippen molar-refractivity contribution in [1.29, 1.82) is 0 Å². The number of carbonyl (C=O) groups is 1. The SMILES string of the molecule is CC(=O)Nc1cc2nn(-c3cccc(C4(CF)CCOC4)n3)cc2cn1. The van der Waals surface area contributed by atoms with Crippen LogP contribution in [0.2, 0.25) is 0 Å². The van der Waals surface area contributed by atoms with Crippen molar-refractivity contribution in [3.63, 3.8) is 0 Å². The fourth-order valence-corrected chi connectivity index (χ4v) is 3.11. The summed E-state index contributed by atoms with van der Waals surface area (Å²) in [5.74, 6) is 0.844. The van der Waals surface area contributed by atoms with Crippen LogP contribution in [0.25, 0.3) is 16.7 Å². The van der Waals surface area contributed by atoms with Crippen molar-refractivity contribution in [1.82, 2.24) is 19.7 Å². The molecule has 4 heterocycles. The Balaban J connectivity index is 1.71. The van der Waals surface area contributed by atoms with E-state index in [-0.39, 0.29) is 5.91 Å². The Hall–Kier alpha value is -2.87. The van der Waals surface area contributed by atoms with Crippen LogP contribution in [0.3, 0.4) is 0 Å². The Bertz CT molecular complexity index is 965. The van der Waals surface area contributed by atoms with Gasteiger partial charge in [0.1, 0.15) is 12.5 Å². The first-order valence-corrected chi connectivity index (χ1v) is 8.34. The van der Waals surface area contributed by atoms with Gasteiger partial charge in [-0.25, -0.2) is 19.0 Å². The number of anilines is 1. The summed E-state index contributed by atoms with van der Waals surface area (Å²) in [4.78, 5) is 20.0. The number of rotatable bonds is 4. The molecule has 3 aromatic heterocycles. The van der Waals surface area contributed by atoms with Crippen molar-refractivity contribution in [3.8, 4) is 5.82 Å². The molecular weight excluding hydrogens is 337 g/mol. The Morgan fingerprint density at radius 3 is 3.08 bits per heavy atom. The number of amides is 1. The molecule has 0 aliphatic carbocycles. The van der Waals surface area contributed by atoms with Crippen molar-refractivity contribution in [3.05, 3.63) is 42.4 Å². The number of alkyl halides is 1. The van der Waals surface area contributed by atoms with Crippen molar-refractivity contribution in [2.24, 2.45) is 0 Å². The second kappa shape index (κ2) is 6.45. The summed E-state index contributed by atoms with van der Waals surface area (Å²) in [6.07, 6.45) is 4.06. The highest BCUT2D eigenvalue weighted by molar-refractivity contribution is 5.90. The van der Waals surface area contributed by atoms with Gasteiger partial charge in [0.15, 0.2) is 5.82 Å². The minimum absolute atomic E-state index is 0.194. The first-order chi connectivity index (χ1) is 12.6. The molecule has 7 nitrogen and oxygen atoms in total. The van der Waals surface area contributed by atoms with Gasteiger partial charge in [-0.05, 0) is 18.6 Å². The van der Waals surface area contributed by atoms with Gasteiger partial charge in [0.2, 0.25) is 5.91 Å². The Kier molecular flexibility index (Phi) is 4.12. The number of carbonyl (C=O) groups excluding carboxylic acids is 1. The average molecular weight is 355 g/mol. The van der Waals surface area contributed by atoms with Crippen molar-refractivity contribution in [2.45, 2.75) is 18.8 Å². The second-order valence-corrected chi connectivity index (χ2v) is 6.48. The van der Waals surface area contributed by atoms with Crippen LogP contribution < -0.4 is 5.32 Å². The monoisotopic (exact) mass is 355 g/mol. The third kappa shape index (κ3) is 2.92. The maximum Gasteiger partial charge on any atom is 0.222 e. The molecule has 0 bridgehead atoms. The fraction of sp³-hybridized carbons (Fsp3) is 0.333. The highest BCUT2D eigenvalue weighted by atomic mass is 19.1. The lowest BCUT2D eigenvalue weighted by Gasteiger charge is -2.23. The summed E-state index contributed by atoms with van der Waals surface area (Å²) in [5, 5.41) is 7.95. The summed E-state index contributed by atoms with van der Waals surface area (Å²) < 4.78 is 20.7. The van der Waals surface area contributed by atoms with E-state index < -0.39 is 12.1 Å². The molecule has 0 spiro atoms. The zero-order valence-corrected chi connectivity index (χ0v) is 14.3. The molecule has 1 aliphatic rings. The number of hydrogen-bond acceptors (Lipinski definition) is 5. The maximum atomic E-state index is 13.7. The highest BCUT2D eigenvalue weighted by Crippen LogP contribution is 2.33. The molecule has 1 atom stereocenters. The Labute approximate surface area is 149 Å². The predicted molar refractivity (Wildman–Crippen MR) is 94.1 cm³/mol. The second-order valence-electron chi connectivity index (χ2n) is 6.48. The normalized spacial score (nSPS) is 19.8. The standard InChI is InChI=1S/C18H18FN5O2/c1-12(25)21-16-7-14-13(8-20-16)9-24(23-14)17-4-2-3-15(22-17)18(10-19)5-6-26-11-18/h2-4,7-9H,5-6,10-11H2,1H3,(H,21,25). The molecule has 1 fully saturated rings. The first kappa shape index (κ1) is 16.6. The zero-order chi connectivity index (χ0) is 18.1. The molecule has 0 aromatic carbocycles. The van der Waals surface area contributed by atoms with Gasteiger partial charge in [-0.1, -0.05) is 6.07 Å². The lowest BCUT2D eigenvalue weighted by molar-refractivity contribution is -0.114. The highest BCUT2D eigenvalue weighted by Gasteiger charge is 2.38. The topological polar surface area (TPSA) is 81.9 Å². The van der Waals surface area contributed by atoms with Crippen LogP contribution >= 0.6 is 0 Å². The maximum absolute atomic E-state index is 13.7. The van der Waals surface area contributed by atoms with Gasteiger partial charge in [-0.3, -0.25) is 4.79 Å². The lowest BCUT2D eigenvalue weighted by Crippen LogP contribution is -2.30. The fourth-order valence-electron chi connectivity index (χ4n) is 3.11. The van der Waals surface area contributed by atoms with Crippen LogP contribution in [-0.4, -0.2) is 45.5 Å². The van der Waals surface area contributed by atoms with Crippen molar-refractivity contribution in [2.75, 3.05) is 25.2 Å². The number of nitrogens with one attached hydrogen (secondary N) is 1. The Morgan fingerprint density at radius 1 is 1.46 bits per heavy atom. The van der Waals surface area contributed by atoms with E-state index in [1.807, 2.05) is 18.2 Å². The quantitative estimate of drug-likeness (QED) is 0.777. The number of pyridine rings is 2. The van der Waals surface area contributed by atoms with Crippen LogP contribution in [-0.2, 0) is 14.9 Å². The number of ether oxygens (including phenoxy) is 1. The molecule has 1 unspecified atom stereocenters. The van der Waals surface area contributed by atoms with E-state index in [0.717, 1.165) is 5.39 Å². The van der Waals surface area contributed by atoms with Crippen LogP contribution in [0.15, 0.2) is 36.7 Å². The third-order valence-corrected chi connectivity index (χ3v) is 4.56. The lowest BCUT2D eigenvalue weighted by atomic mass is 9.85. The summed E-state index contributed by atoms with van der Waals surface area (Å²) in [7, 11) is 0. The smallest absolute Gasteiger partial charge is 0.222 e. The summed E-state index contributed by atoms with van der Waals surface area (Å²) in [6, 6.07) is 7.20. The van der Waals surface area contributed by atoms with Gasteiger partial charge in [-0.15, -0.1) is 0 Å². The molecular formula is C18H18FN5O2. The number of aromatic nitrogens is 4. The predicted octanol–water partition coefficient (Wildman–Crippen LogP) is 2.40. The minimum atomic E-state index is -0.678. The van der Waals surface area contributed by atoms with Gasteiger partial charge in [0.05, 0.1) is 23.2 Å². The van der Waals surface area contributed by atoms with Crippen LogP contribution in [0.1, 0.15) is 19.0 Å². The van der Waals surface area contributed by atoms with E-state index >= 15 is 0 Å². The number of hydrogen-bond donors (Lipinski definition) is 1. The van der Waals surface area contributed by atoms with E-state index in [2.05, 4.69) is 20.4 Å². The summed E-state index contributed by atoms with van der Waals surface area (Å²) >= 11 is 0. The van der Waals surface area contributed by atoms with Gasteiger partial charge in [0.25, 0.3) is 0 Å². The van der Waals surface area contributed by atoms with Gasteiger partial charge in [-0.2, -0.15) is 5.10 Å². The van der Waals surface area contributed by atoms with E-state index in [0.29, 0.717) is 42.5 Å². The van der Waals surface area contributed by atoms with Gasteiger partial charge in [0, 0.05) is 37.4 Å². The van der Waals surface area contributed by atoms with E-state index in [4.69, 9.17) is 4.74 Å². The molecule has 8 heteroatoms. The van der Waals surface area contributed by atoms with Gasteiger partial charge >= 0.3 is 0 Å².